The van der Waals surface area contributed by atoms with Crippen molar-refractivity contribution in [3.63, 3.8) is 0 Å². The monoisotopic (exact) mass is 447 g/mol. The Kier molecular flexibility index (Phi) is 6.97. The Hall–Kier alpha value is -2.05. The van der Waals surface area contributed by atoms with Crippen LogP contribution in [0.5, 0.6) is 11.5 Å². The highest BCUT2D eigenvalue weighted by atomic mass is 79.9. The number of rotatable bonds is 6. The Morgan fingerprint density at radius 2 is 1.75 bits per heavy atom. The molecule has 1 aliphatic rings. The quantitative estimate of drug-likeness (QED) is 0.690. The SMILES string of the molecule is COc1ccc(C2CCCCC2NC(=O)C(O)c2ccc(Br)cc2)cc1OC. The van der Waals surface area contributed by atoms with E-state index in [9.17, 15) is 9.90 Å². The van der Waals surface area contributed by atoms with Gasteiger partial charge in [0, 0.05) is 16.4 Å². The van der Waals surface area contributed by atoms with Crippen molar-refractivity contribution in [3.8, 4) is 11.5 Å². The lowest BCUT2D eigenvalue weighted by Crippen LogP contribution is -2.43. The first-order chi connectivity index (χ1) is 13.5. The van der Waals surface area contributed by atoms with Crippen LogP contribution in [0.2, 0.25) is 0 Å². The Bertz CT molecular complexity index is 809. The van der Waals surface area contributed by atoms with E-state index < -0.39 is 6.10 Å². The number of hydrogen-bond donors (Lipinski definition) is 2. The van der Waals surface area contributed by atoms with Gasteiger partial charge in [-0.3, -0.25) is 4.79 Å². The number of aliphatic hydroxyl groups is 1. The Balaban J connectivity index is 1.76. The van der Waals surface area contributed by atoms with Crippen molar-refractivity contribution in [2.75, 3.05) is 14.2 Å². The molecule has 1 saturated carbocycles. The van der Waals surface area contributed by atoms with Crippen molar-refractivity contribution >= 4 is 21.8 Å². The van der Waals surface area contributed by atoms with E-state index in [1.54, 1.807) is 26.4 Å². The van der Waals surface area contributed by atoms with E-state index in [1.165, 1.54) is 0 Å². The Morgan fingerprint density at radius 3 is 2.43 bits per heavy atom. The Labute approximate surface area is 174 Å². The predicted molar refractivity (Wildman–Crippen MR) is 112 cm³/mol. The molecule has 0 aliphatic heterocycles. The molecule has 1 fully saturated rings. The van der Waals surface area contributed by atoms with Crippen LogP contribution in [0.25, 0.3) is 0 Å². The first-order valence-corrected chi connectivity index (χ1v) is 10.3. The molecule has 3 rings (SSSR count). The molecular weight excluding hydrogens is 422 g/mol. The van der Waals surface area contributed by atoms with E-state index in [0.29, 0.717) is 17.1 Å². The van der Waals surface area contributed by atoms with Crippen molar-refractivity contribution in [1.82, 2.24) is 5.32 Å². The minimum Gasteiger partial charge on any atom is -0.493 e. The van der Waals surface area contributed by atoms with E-state index in [1.807, 2.05) is 30.3 Å². The topological polar surface area (TPSA) is 67.8 Å². The number of amides is 1. The van der Waals surface area contributed by atoms with E-state index in [4.69, 9.17) is 9.47 Å². The summed E-state index contributed by atoms with van der Waals surface area (Å²) in [5.74, 6) is 1.19. The van der Waals surface area contributed by atoms with Crippen LogP contribution in [-0.4, -0.2) is 31.3 Å². The second-order valence-corrected chi connectivity index (χ2v) is 7.99. The lowest BCUT2D eigenvalue weighted by atomic mass is 9.79. The molecule has 0 radical (unpaired) electrons. The summed E-state index contributed by atoms with van der Waals surface area (Å²) in [5, 5.41) is 13.5. The lowest BCUT2D eigenvalue weighted by molar-refractivity contribution is -0.130. The van der Waals surface area contributed by atoms with Crippen LogP contribution in [-0.2, 0) is 4.79 Å². The summed E-state index contributed by atoms with van der Waals surface area (Å²) in [4.78, 5) is 12.7. The summed E-state index contributed by atoms with van der Waals surface area (Å²) in [6.07, 6.45) is 2.86. The maximum atomic E-state index is 12.7. The fourth-order valence-corrected chi connectivity index (χ4v) is 4.11. The average Bonchev–Trinajstić information content (AvgIpc) is 2.73. The lowest BCUT2D eigenvalue weighted by Gasteiger charge is -2.33. The van der Waals surface area contributed by atoms with Crippen molar-refractivity contribution in [3.05, 3.63) is 58.1 Å². The van der Waals surface area contributed by atoms with Crippen LogP contribution in [0.15, 0.2) is 46.9 Å². The molecule has 2 N–H and O–H groups in total. The van der Waals surface area contributed by atoms with Crippen LogP contribution in [0.1, 0.15) is 48.8 Å². The summed E-state index contributed by atoms with van der Waals surface area (Å²) in [6.45, 7) is 0. The number of halogens is 1. The van der Waals surface area contributed by atoms with Gasteiger partial charge in [0.2, 0.25) is 0 Å². The highest BCUT2D eigenvalue weighted by molar-refractivity contribution is 9.10. The summed E-state index contributed by atoms with van der Waals surface area (Å²) >= 11 is 3.37. The fourth-order valence-electron chi connectivity index (χ4n) is 3.84. The van der Waals surface area contributed by atoms with Gasteiger partial charge in [-0.2, -0.15) is 0 Å². The number of nitrogens with one attached hydrogen (secondary N) is 1. The minimum absolute atomic E-state index is 0.0237. The molecule has 5 nitrogen and oxygen atoms in total. The first-order valence-electron chi connectivity index (χ1n) is 9.49. The van der Waals surface area contributed by atoms with Crippen molar-refractivity contribution in [2.24, 2.45) is 0 Å². The van der Waals surface area contributed by atoms with E-state index in [0.717, 1.165) is 35.7 Å². The number of benzene rings is 2. The van der Waals surface area contributed by atoms with Gasteiger partial charge in [0.05, 0.1) is 14.2 Å². The molecule has 0 saturated heterocycles. The van der Waals surface area contributed by atoms with Crippen LogP contribution in [0, 0.1) is 0 Å². The van der Waals surface area contributed by atoms with Gasteiger partial charge in [-0.1, -0.05) is 47.0 Å². The highest BCUT2D eigenvalue weighted by Crippen LogP contribution is 2.37. The number of hydrogen-bond acceptors (Lipinski definition) is 4. The maximum absolute atomic E-state index is 12.7. The summed E-state index contributed by atoms with van der Waals surface area (Å²) in [7, 11) is 3.24. The molecule has 0 heterocycles. The molecule has 0 spiro atoms. The summed E-state index contributed by atoms with van der Waals surface area (Å²) in [5.41, 5.74) is 1.69. The molecule has 1 amide bonds. The molecule has 0 bridgehead atoms. The standard InChI is InChI=1S/C22H26BrNO4/c1-27-19-12-9-15(13-20(19)28-2)17-5-3-4-6-18(17)24-22(26)21(25)14-7-10-16(23)11-8-14/h7-13,17-18,21,25H,3-6H2,1-2H3,(H,24,26). The number of carbonyl (C=O) groups is 1. The molecule has 1 aliphatic carbocycles. The third-order valence-electron chi connectivity index (χ3n) is 5.36. The molecule has 28 heavy (non-hydrogen) atoms. The van der Waals surface area contributed by atoms with E-state index in [2.05, 4.69) is 21.2 Å². The van der Waals surface area contributed by atoms with Crippen molar-refractivity contribution in [2.45, 2.75) is 43.7 Å². The van der Waals surface area contributed by atoms with E-state index in [-0.39, 0.29) is 17.9 Å². The third kappa shape index (κ3) is 4.67. The molecule has 150 valence electrons. The number of aliphatic hydroxyl groups excluding tert-OH is 1. The number of carbonyl (C=O) groups excluding carboxylic acids is 1. The van der Waals surface area contributed by atoms with Crippen LogP contribution < -0.4 is 14.8 Å². The highest BCUT2D eigenvalue weighted by Gasteiger charge is 2.30. The molecule has 2 aromatic rings. The normalized spacial score (nSPS) is 20.3. The zero-order valence-corrected chi connectivity index (χ0v) is 17.7. The second kappa shape index (κ2) is 9.43. The van der Waals surface area contributed by atoms with Crippen LogP contribution in [0.3, 0.4) is 0 Å². The third-order valence-corrected chi connectivity index (χ3v) is 5.89. The Morgan fingerprint density at radius 1 is 1.07 bits per heavy atom. The largest absolute Gasteiger partial charge is 0.493 e. The van der Waals surface area contributed by atoms with Gasteiger partial charge in [0.25, 0.3) is 5.91 Å². The summed E-state index contributed by atoms with van der Waals surface area (Å²) in [6, 6.07) is 13.0. The van der Waals surface area contributed by atoms with Crippen LogP contribution >= 0.6 is 15.9 Å². The van der Waals surface area contributed by atoms with Gasteiger partial charge >= 0.3 is 0 Å². The van der Waals surface area contributed by atoms with Gasteiger partial charge in [-0.15, -0.1) is 0 Å². The average molecular weight is 448 g/mol. The van der Waals surface area contributed by atoms with E-state index >= 15 is 0 Å². The van der Waals surface area contributed by atoms with Gasteiger partial charge in [-0.05, 0) is 48.2 Å². The van der Waals surface area contributed by atoms with Crippen LogP contribution in [0.4, 0.5) is 0 Å². The molecule has 3 unspecified atom stereocenters. The van der Waals surface area contributed by atoms with Crippen molar-refractivity contribution in [1.29, 1.82) is 0 Å². The van der Waals surface area contributed by atoms with Gasteiger partial charge in [0.15, 0.2) is 17.6 Å². The zero-order chi connectivity index (χ0) is 20.1. The van der Waals surface area contributed by atoms with Gasteiger partial charge < -0.3 is 19.9 Å². The molecule has 0 aromatic heterocycles. The smallest absolute Gasteiger partial charge is 0.253 e. The predicted octanol–water partition coefficient (Wildman–Crippen LogP) is 4.34. The second-order valence-electron chi connectivity index (χ2n) is 7.07. The number of methoxy groups -OCH3 is 2. The minimum atomic E-state index is -1.18. The zero-order valence-electron chi connectivity index (χ0n) is 16.2. The van der Waals surface area contributed by atoms with Gasteiger partial charge in [0.1, 0.15) is 0 Å². The first kappa shape index (κ1) is 20.7. The molecular formula is C22H26BrNO4. The molecule has 2 aromatic carbocycles. The van der Waals surface area contributed by atoms with Crippen molar-refractivity contribution < 1.29 is 19.4 Å². The maximum Gasteiger partial charge on any atom is 0.253 e. The molecule has 6 heteroatoms. The molecule has 3 atom stereocenters. The van der Waals surface area contributed by atoms with Gasteiger partial charge in [-0.25, -0.2) is 0 Å². The number of ether oxygens (including phenoxy) is 2. The fraction of sp³-hybridized carbons (Fsp3) is 0.409. The summed E-state index contributed by atoms with van der Waals surface area (Å²) < 4.78 is 11.7.